The molecule has 0 heterocycles. The molecule has 1 aromatic rings. The summed E-state index contributed by atoms with van der Waals surface area (Å²) in [5.74, 6) is -0.0231. The summed E-state index contributed by atoms with van der Waals surface area (Å²) in [5, 5.41) is 8.63. The van der Waals surface area contributed by atoms with E-state index in [9.17, 15) is 4.79 Å². The Bertz CT molecular complexity index is 254. The van der Waals surface area contributed by atoms with Crippen LogP contribution in [0.5, 0.6) is 5.75 Å². The molecule has 0 unspecified atom stereocenters. The molecule has 1 rings (SSSR count). The lowest BCUT2D eigenvalue weighted by Gasteiger charge is -1.93. The Morgan fingerprint density at radius 2 is 1.93 bits per heavy atom. The molecular weight excluding hydrogens is 218 g/mol. The SMILES string of the molecule is CCOC(=O)CN.Cl.Oc1ccccc1. The standard InChI is InChI=1S/C6H6O.C4H9NO2.ClH/c7-6-4-2-1-3-5-6;1-2-7-4(6)3-5;/h1-5,7H;2-3,5H2,1H3;1H. The molecule has 0 saturated carbocycles. The molecule has 0 bridgehead atoms. The molecule has 0 amide bonds. The predicted molar refractivity (Wildman–Crippen MR) is 61.0 cm³/mol. The number of esters is 1. The van der Waals surface area contributed by atoms with E-state index in [4.69, 9.17) is 10.8 Å². The van der Waals surface area contributed by atoms with E-state index in [-0.39, 0.29) is 24.9 Å². The van der Waals surface area contributed by atoms with Gasteiger partial charge < -0.3 is 15.6 Å². The number of hydrogen-bond acceptors (Lipinski definition) is 4. The van der Waals surface area contributed by atoms with Crippen LogP contribution in [-0.2, 0) is 9.53 Å². The predicted octanol–water partition coefficient (Wildman–Crippen LogP) is 1.32. The highest BCUT2D eigenvalue weighted by atomic mass is 35.5. The molecule has 0 spiro atoms. The van der Waals surface area contributed by atoms with E-state index in [0.717, 1.165) is 0 Å². The zero-order valence-corrected chi connectivity index (χ0v) is 9.37. The summed E-state index contributed by atoms with van der Waals surface area (Å²) in [7, 11) is 0. The first kappa shape index (κ1) is 16.2. The number of phenols is 1. The summed E-state index contributed by atoms with van der Waals surface area (Å²) in [4.78, 5) is 10.1. The minimum absolute atomic E-state index is 0. The monoisotopic (exact) mass is 233 g/mol. The molecule has 15 heavy (non-hydrogen) atoms. The molecule has 0 aromatic heterocycles. The normalized spacial score (nSPS) is 7.87. The maximum absolute atomic E-state index is 10.1. The van der Waals surface area contributed by atoms with Gasteiger partial charge in [-0.05, 0) is 19.1 Å². The highest BCUT2D eigenvalue weighted by Gasteiger charge is 1.91. The average molecular weight is 234 g/mol. The van der Waals surface area contributed by atoms with Crippen LogP contribution in [0.2, 0.25) is 0 Å². The molecule has 0 atom stereocenters. The Hall–Kier alpha value is -1.26. The number of benzene rings is 1. The van der Waals surface area contributed by atoms with E-state index in [1.54, 1.807) is 31.2 Å². The van der Waals surface area contributed by atoms with Crippen LogP contribution in [0.15, 0.2) is 30.3 Å². The summed E-state index contributed by atoms with van der Waals surface area (Å²) < 4.78 is 4.43. The fourth-order valence-corrected chi connectivity index (χ4v) is 0.648. The fraction of sp³-hybridized carbons (Fsp3) is 0.300. The smallest absolute Gasteiger partial charge is 0.319 e. The lowest BCUT2D eigenvalue weighted by atomic mass is 10.3. The van der Waals surface area contributed by atoms with Gasteiger partial charge in [0.05, 0.1) is 13.2 Å². The van der Waals surface area contributed by atoms with E-state index in [0.29, 0.717) is 12.4 Å². The van der Waals surface area contributed by atoms with Crippen LogP contribution in [0.4, 0.5) is 0 Å². The number of carbonyl (C=O) groups excluding carboxylic acids is 1. The van der Waals surface area contributed by atoms with E-state index >= 15 is 0 Å². The zero-order valence-electron chi connectivity index (χ0n) is 8.55. The van der Waals surface area contributed by atoms with Crippen molar-refractivity contribution in [3.05, 3.63) is 30.3 Å². The van der Waals surface area contributed by atoms with Crippen molar-refractivity contribution in [1.82, 2.24) is 0 Å². The summed E-state index contributed by atoms with van der Waals surface area (Å²) in [6, 6.07) is 8.71. The van der Waals surface area contributed by atoms with Crippen LogP contribution in [0, 0.1) is 0 Å². The first-order chi connectivity index (χ1) is 6.70. The van der Waals surface area contributed by atoms with Crippen LogP contribution >= 0.6 is 12.4 Å². The Kier molecular flexibility index (Phi) is 11.7. The third-order valence-electron chi connectivity index (χ3n) is 1.23. The first-order valence-electron chi connectivity index (χ1n) is 4.30. The average Bonchev–Trinajstić information content (AvgIpc) is 2.20. The molecule has 86 valence electrons. The van der Waals surface area contributed by atoms with E-state index in [1.807, 2.05) is 6.07 Å². The summed E-state index contributed by atoms with van der Waals surface area (Å²) in [6.45, 7) is 2.14. The Labute approximate surface area is 95.5 Å². The number of halogens is 1. The fourth-order valence-electron chi connectivity index (χ4n) is 0.648. The molecular formula is C10H16ClNO3. The molecule has 0 aliphatic carbocycles. The maximum atomic E-state index is 10.1. The lowest BCUT2D eigenvalue weighted by molar-refractivity contribution is -0.141. The summed E-state index contributed by atoms with van der Waals surface area (Å²) in [5.41, 5.74) is 4.88. The van der Waals surface area contributed by atoms with Crippen LogP contribution in [-0.4, -0.2) is 24.2 Å². The van der Waals surface area contributed by atoms with Gasteiger partial charge in [-0.15, -0.1) is 12.4 Å². The first-order valence-corrected chi connectivity index (χ1v) is 4.30. The highest BCUT2D eigenvalue weighted by Crippen LogP contribution is 2.02. The molecule has 0 fully saturated rings. The van der Waals surface area contributed by atoms with Gasteiger partial charge in [-0.2, -0.15) is 0 Å². The van der Waals surface area contributed by atoms with Gasteiger partial charge >= 0.3 is 5.97 Å². The number of nitrogens with two attached hydrogens (primary N) is 1. The number of aromatic hydroxyl groups is 1. The van der Waals surface area contributed by atoms with Crippen molar-refractivity contribution in [1.29, 1.82) is 0 Å². The molecule has 0 saturated heterocycles. The molecule has 0 radical (unpaired) electrons. The van der Waals surface area contributed by atoms with Crippen molar-refractivity contribution < 1.29 is 14.6 Å². The summed E-state index contributed by atoms with van der Waals surface area (Å²) >= 11 is 0. The van der Waals surface area contributed by atoms with Crippen LogP contribution in [0.3, 0.4) is 0 Å². The van der Waals surface area contributed by atoms with Crippen molar-refractivity contribution in [2.45, 2.75) is 6.92 Å². The van der Waals surface area contributed by atoms with Gasteiger partial charge in [0.25, 0.3) is 0 Å². The van der Waals surface area contributed by atoms with Crippen molar-refractivity contribution in [3.8, 4) is 5.75 Å². The second-order valence-electron chi connectivity index (χ2n) is 2.34. The van der Waals surface area contributed by atoms with Gasteiger partial charge in [0.15, 0.2) is 0 Å². The van der Waals surface area contributed by atoms with E-state index in [2.05, 4.69) is 4.74 Å². The van der Waals surface area contributed by atoms with Gasteiger partial charge in [-0.1, -0.05) is 18.2 Å². The van der Waals surface area contributed by atoms with Gasteiger partial charge in [-0.25, -0.2) is 0 Å². The van der Waals surface area contributed by atoms with Crippen molar-refractivity contribution in [2.24, 2.45) is 5.73 Å². The number of ether oxygens (including phenoxy) is 1. The quantitative estimate of drug-likeness (QED) is 0.756. The Balaban J connectivity index is 0. The van der Waals surface area contributed by atoms with Gasteiger partial charge in [0.2, 0.25) is 0 Å². The molecule has 3 N–H and O–H groups in total. The topological polar surface area (TPSA) is 72.5 Å². The minimum Gasteiger partial charge on any atom is -0.508 e. The van der Waals surface area contributed by atoms with Crippen molar-refractivity contribution >= 4 is 18.4 Å². The third kappa shape index (κ3) is 10.7. The van der Waals surface area contributed by atoms with Crippen LogP contribution in [0.25, 0.3) is 0 Å². The lowest BCUT2D eigenvalue weighted by Crippen LogP contribution is -2.16. The van der Waals surface area contributed by atoms with Crippen molar-refractivity contribution in [3.63, 3.8) is 0 Å². The number of rotatable bonds is 2. The number of phenolic OH excluding ortho intramolecular Hbond substituents is 1. The third-order valence-corrected chi connectivity index (χ3v) is 1.23. The Morgan fingerprint density at radius 3 is 2.13 bits per heavy atom. The number of hydrogen-bond donors (Lipinski definition) is 2. The van der Waals surface area contributed by atoms with Gasteiger partial charge in [-0.3, -0.25) is 4.79 Å². The van der Waals surface area contributed by atoms with Crippen LogP contribution < -0.4 is 5.73 Å². The maximum Gasteiger partial charge on any atom is 0.319 e. The second kappa shape index (κ2) is 10.8. The van der Waals surface area contributed by atoms with E-state index < -0.39 is 0 Å². The highest BCUT2D eigenvalue weighted by molar-refractivity contribution is 5.85. The zero-order chi connectivity index (χ0) is 10.8. The largest absolute Gasteiger partial charge is 0.508 e. The van der Waals surface area contributed by atoms with Gasteiger partial charge in [0.1, 0.15) is 5.75 Å². The molecule has 4 nitrogen and oxygen atoms in total. The van der Waals surface area contributed by atoms with Gasteiger partial charge in [0, 0.05) is 0 Å². The molecule has 5 heteroatoms. The minimum atomic E-state index is -0.345. The number of para-hydroxylation sites is 1. The molecule has 0 aliphatic rings. The molecule has 0 aliphatic heterocycles. The molecule has 1 aromatic carbocycles. The number of carbonyl (C=O) groups is 1. The van der Waals surface area contributed by atoms with E-state index in [1.165, 1.54) is 0 Å². The Morgan fingerprint density at radius 1 is 1.40 bits per heavy atom. The summed E-state index contributed by atoms with van der Waals surface area (Å²) in [6.07, 6.45) is 0. The second-order valence-corrected chi connectivity index (χ2v) is 2.34. The van der Waals surface area contributed by atoms with Crippen molar-refractivity contribution in [2.75, 3.05) is 13.2 Å². The van der Waals surface area contributed by atoms with Crippen LogP contribution in [0.1, 0.15) is 6.92 Å².